The maximum Gasteiger partial charge on any atom is 0.0742 e. The Hall–Kier alpha value is -12.1. The lowest BCUT2D eigenvalue weighted by molar-refractivity contribution is 0.731. The number of nitrogens with zero attached hydrogens (tertiary/aromatic N) is 2. The van der Waals surface area contributed by atoms with Crippen molar-refractivity contribution < 1.29 is 0 Å². The van der Waals surface area contributed by atoms with E-state index in [1.165, 1.54) is 88.3 Å². The molecule has 0 spiro atoms. The lowest BCUT2D eigenvalue weighted by Gasteiger charge is -2.47. The Kier molecular flexibility index (Phi) is 13.0. The first-order valence-electron chi connectivity index (χ1n) is 32.7. The Morgan fingerprint density at radius 2 is 0.543 bits per heavy atom. The van der Waals surface area contributed by atoms with E-state index in [1.807, 2.05) is 0 Å². The molecular formula is C92H62N2. The number of rotatable bonds is 10. The quantitative estimate of drug-likeness (QED) is 0.126. The molecule has 18 rings (SSSR count). The van der Waals surface area contributed by atoms with Gasteiger partial charge in [-0.2, -0.15) is 0 Å². The van der Waals surface area contributed by atoms with E-state index in [4.69, 9.17) is 0 Å². The molecule has 440 valence electrons. The Bertz CT molecular complexity index is 5170. The van der Waals surface area contributed by atoms with E-state index in [1.54, 1.807) is 0 Å². The van der Waals surface area contributed by atoms with Gasteiger partial charge in [-0.05, 0) is 165 Å². The fraction of sp³-hybridized carbons (Fsp3) is 0.0217. The number of para-hydroxylation sites is 6. The minimum atomic E-state index is -0.702. The van der Waals surface area contributed by atoms with E-state index in [9.17, 15) is 0 Å². The summed E-state index contributed by atoms with van der Waals surface area (Å²) >= 11 is 0. The van der Waals surface area contributed by atoms with Gasteiger partial charge in [0, 0.05) is 22.5 Å². The molecule has 94 heavy (non-hydrogen) atoms. The maximum atomic E-state index is 2.55. The van der Waals surface area contributed by atoms with Crippen molar-refractivity contribution in [2.24, 2.45) is 0 Å². The fourth-order valence-electron chi connectivity index (χ4n) is 16.4. The number of anilines is 6. The van der Waals surface area contributed by atoms with E-state index in [0.29, 0.717) is 0 Å². The second-order valence-electron chi connectivity index (χ2n) is 24.9. The molecule has 0 saturated heterocycles. The van der Waals surface area contributed by atoms with Crippen LogP contribution in [0.3, 0.4) is 0 Å². The number of hydrogen-bond donors (Lipinski definition) is 0. The first kappa shape index (κ1) is 54.8. The van der Waals surface area contributed by atoms with E-state index in [2.05, 4.69) is 386 Å². The van der Waals surface area contributed by atoms with Crippen molar-refractivity contribution in [1.29, 1.82) is 0 Å². The molecule has 16 aromatic rings. The van der Waals surface area contributed by atoms with Gasteiger partial charge in [-0.3, -0.25) is 0 Å². The fourth-order valence-corrected chi connectivity index (χ4v) is 16.4. The predicted molar refractivity (Wildman–Crippen MR) is 394 cm³/mol. The Morgan fingerprint density at radius 1 is 0.202 bits per heavy atom. The third-order valence-electron chi connectivity index (χ3n) is 20.1. The third kappa shape index (κ3) is 8.29. The van der Waals surface area contributed by atoms with Gasteiger partial charge >= 0.3 is 0 Å². The van der Waals surface area contributed by atoms with Crippen LogP contribution in [-0.2, 0) is 10.8 Å². The zero-order valence-corrected chi connectivity index (χ0v) is 51.7. The largest absolute Gasteiger partial charge is 0.309 e. The smallest absolute Gasteiger partial charge is 0.0742 e. The van der Waals surface area contributed by atoms with Crippen molar-refractivity contribution in [3.05, 3.63) is 421 Å². The lowest BCUT2D eigenvalue weighted by atomic mass is 9.62. The van der Waals surface area contributed by atoms with E-state index in [-0.39, 0.29) is 0 Å². The van der Waals surface area contributed by atoms with E-state index in [0.717, 1.165) is 67.2 Å². The third-order valence-corrected chi connectivity index (χ3v) is 20.1. The first-order valence-corrected chi connectivity index (χ1v) is 32.7. The van der Waals surface area contributed by atoms with Crippen LogP contribution < -0.4 is 9.80 Å². The SMILES string of the molecule is c1ccc(-c2cc(-c3c4cccc(-c5cccc6c5N(c5ccccc5)c5ccccc5C6(c5ccccc5)c5ccccc5)c4cc4c(-c5cccc6c5N(c5ccccc5)c5ccccc5C6(c5ccccc5)c5ccccc5)cccc34)c3ccccc3c2)cc1. The monoisotopic (exact) mass is 1190 g/mol. The van der Waals surface area contributed by atoms with Gasteiger partial charge in [0.2, 0.25) is 0 Å². The highest BCUT2D eigenvalue weighted by Crippen LogP contribution is 2.63. The van der Waals surface area contributed by atoms with Crippen LogP contribution in [0, 0.1) is 0 Å². The average Bonchev–Trinajstić information content (AvgIpc) is 0.697. The molecule has 0 saturated carbocycles. The molecule has 2 aliphatic heterocycles. The molecule has 0 N–H and O–H groups in total. The highest BCUT2D eigenvalue weighted by molar-refractivity contribution is 6.23. The minimum absolute atomic E-state index is 0.702. The Labute approximate surface area is 548 Å². The first-order chi connectivity index (χ1) is 46.7. The van der Waals surface area contributed by atoms with Crippen LogP contribution in [0.25, 0.3) is 76.8 Å². The zero-order chi connectivity index (χ0) is 62.2. The van der Waals surface area contributed by atoms with Crippen LogP contribution in [0.4, 0.5) is 34.1 Å². The summed E-state index contributed by atoms with van der Waals surface area (Å²) in [7, 11) is 0. The molecule has 0 fully saturated rings. The van der Waals surface area contributed by atoms with E-state index < -0.39 is 10.8 Å². The zero-order valence-electron chi connectivity index (χ0n) is 51.7. The van der Waals surface area contributed by atoms with Crippen LogP contribution in [-0.4, -0.2) is 0 Å². The standard InChI is InChI=1S/C92H62N2/c1-8-32-63(33-9-1)65-60-64-34-22-23-47-72(64)81(61-65)88-75-50-28-48-73(77-52-30-56-84-89(77)93(70-43-18-6-19-44-70)86-58-26-24-54-82(86)91(84,66-35-10-2-11-36-66)67-37-12-3-13-38-67)79(75)62-80-74(49-29-51-76(80)88)78-53-31-57-85-90(78)94(71-45-20-7-21-46-71)87-59-27-25-55-83(87)92(85,68-39-14-4-15-40-68)69-41-16-5-17-42-69/h1-62H. The predicted octanol–water partition coefficient (Wildman–Crippen LogP) is 24.1. The molecule has 0 radical (unpaired) electrons. The summed E-state index contributed by atoms with van der Waals surface area (Å²) in [5.41, 5.74) is 24.4. The highest BCUT2D eigenvalue weighted by atomic mass is 15.2. The van der Waals surface area contributed by atoms with Crippen molar-refractivity contribution >= 4 is 66.4 Å². The van der Waals surface area contributed by atoms with Crippen LogP contribution in [0.1, 0.15) is 44.5 Å². The van der Waals surface area contributed by atoms with Gasteiger partial charge in [0.25, 0.3) is 0 Å². The summed E-state index contributed by atoms with van der Waals surface area (Å²) < 4.78 is 0. The molecule has 0 aromatic heterocycles. The molecule has 0 unspecified atom stereocenters. The summed E-state index contributed by atoms with van der Waals surface area (Å²) in [6.07, 6.45) is 0. The van der Waals surface area contributed by atoms with Gasteiger partial charge < -0.3 is 9.80 Å². The number of fused-ring (bicyclic) bond motifs is 7. The topological polar surface area (TPSA) is 6.48 Å². The summed E-state index contributed by atoms with van der Waals surface area (Å²) in [6, 6.07) is 141. The van der Waals surface area contributed by atoms with Crippen molar-refractivity contribution in [3.63, 3.8) is 0 Å². The normalized spacial score (nSPS) is 13.4. The lowest BCUT2D eigenvalue weighted by Crippen LogP contribution is -2.38. The van der Waals surface area contributed by atoms with Crippen LogP contribution >= 0.6 is 0 Å². The molecule has 16 aromatic carbocycles. The second-order valence-corrected chi connectivity index (χ2v) is 24.9. The van der Waals surface area contributed by atoms with Gasteiger partial charge in [-0.15, -0.1) is 0 Å². The molecule has 0 aliphatic carbocycles. The summed E-state index contributed by atoms with van der Waals surface area (Å²) in [6.45, 7) is 0. The van der Waals surface area contributed by atoms with Crippen LogP contribution in [0.2, 0.25) is 0 Å². The minimum Gasteiger partial charge on any atom is -0.309 e. The molecule has 2 nitrogen and oxygen atoms in total. The molecule has 2 heterocycles. The van der Waals surface area contributed by atoms with Gasteiger partial charge in [-0.25, -0.2) is 0 Å². The molecule has 0 bridgehead atoms. The van der Waals surface area contributed by atoms with Gasteiger partial charge in [0.15, 0.2) is 0 Å². The molecule has 2 aliphatic rings. The number of hydrogen-bond acceptors (Lipinski definition) is 2. The van der Waals surface area contributed by atoms with Crippen LogP contribution in [0.5, 0.6) is 0 Å². The van der Waals surface area contributed by atoms with Crippen LogP contribution in [0.15, 0.2) is 376 Å². The van der Waals surface area contributed by atoms with Crippen molar-refractivity contribution in [1.82, 2.24) is 0 Å². The van der Waals surface area contributed by atoms with Crippen molar-refractivity contribution in [3.8, 4) is 44.5 Å². The maximum absolute atomic E-state index is 2.55. The average molecular weight is 1200 g/mol. The molecule has 2 heteroatoms. The Morgan fingerprint density at radius 3 is 0.989 bits per heavy atom. The Balaban J connectivity index is 1.00. The van der Waals surface area contributed by atoms with E-state index >= 15 is 0 Å². The summed E-state index contributed by atoms with van der Waals surface area (Å²) in [4.78, 5) is 5.09. The molecule has 0 atom stereocenters. The summed E-state index contributed by atoms with van der Waals surface area (Å²) in [5, 5.41) is 7.07. The second kappa shape index (κ2) is 22.4. The summed E-state index contributed by atoms with van der Waals surface area (Å²) in [5.74, 6) is 0. The van der Waals surface area contributed by atoms with Crippen molar-refractivity contribution in [2.45, 2.75) is 10.8 Å². The molecular weight excluding hydrogens is 1130 g/mol. The van der Waals surface area contributed by atoms with Gasteiger partial charge in [0.05, 0.1) is 33.6 Å². The van der Waals surface area contributed by atoms with Crippen molar-refractivity contribution in [2.75, 3.05) is 9.80 Å². The van der Waals surface area contributed by atoms with Gasteiger partial charge in [-0.1, -0.05) is 322 Å². The number of benzene rings is 16. The highest BCUT2D eigenvalue weighted by Gasteiger charge is 2.49. The van der Waals surface area contributed by atoms with Gasteiger partial charge in [0.1, 0.15) is 0 Å². The molecule has 0 amide bonds.